The lowest BCUT2D eigenvalue weighted by Gasteiger charge is -2.42. The number of aromatic nitrogens is 2. The maximum absolute atomic E-state index is 15.5. The number of nitrogens with zero attached hydrogens (tertiary/aromatic N) is 2. The smallest absolute Gasteiger partial charge is 0.380 e. The van der Waals surface area contributed by atoms with Gasteiger partial charge in [-0.1, -0.05) is 32.3 Å². The predicted octanol–water partition coefficient (Wildman–Crippen LogP) is 3.85. The molecule has 3 atom stereocenters. The number of halogens is 4. The van der Waals surface area contributed by atoms with Crippen LogP contribution in [0, 0.1) is 23.1 Å². The van der Waals surface area contributed by atoms with Gasteiger partial charge in [0.25, 0.3) is 5.91 Å². The van der Waals surface area contributed by atoms with Gasteiger partial charge in [0.2, 0.25) is 11.8 Å². The molecule has 2 aliphatic carbocycles. The lowest BCUT2D eigenvalue weighted by Crippen LogP contribution is -2.54. The number of carbonyl (C=O) groups is 3. The van der Waals surface area contributed by atoms with Gasteiger partial charge in [0.1, 0.15) is 24.1 Å². The molecule has 1 aliphatic heterocycles. The summed E-state index contributed by atoms with van der Waals surface area (Å²) in [6.07, 6.45) is 1.72. The first-order valence-corrected chi connectivity index (χ1v) is 14.2. The second-order valence-electron chi connectivity index (χ2n) is 12.0. The highest BCUT2D eigenvalue weighted by Crippen LogP contribution is 2.58. The number of ether oxygens (including phenoxy) is 1. The summed E-state index contributed by atoms with van der Waals surface area (Å²) >= 11 is 0. The fraction of sp³-hybridized carbons (Fsp3) is 0.586. The second-order valence-corrected chi connectivity index (χ2v) is 12.0. The third-order valence-electron chi connectivity index (χ3n) is 9.17. The van der Waals surface area contributed by atoms with Gasteiger partial charge in [-0.15, -0.1) is 0 Å². The highest BCUT2D eigenvalue weighted by Gasteiger charge is 2.54. The van der Waals surface area contributed by atoms with Crippen molar-refractivity contribution < 1.29 is 36.7 Å². The summed E-state index contributed by atoms with van der Waals surface area (Å²) in [4.78, 5) is 39.8. The van der Waals surface area contributed by atoms with Crippen LogP contribution in [-0.4, -0.2) is 59.5 Å². The molecular weight excluding hydrogens is 558 g/mol. The van der Waals surface area contributed by atoms with Gasteiger partial charge >= 0.3 is 6.18 Å². The van der Waals surface area contributed by atoms with Crippen LogP contribution in [0.4, 0.5) is 23.2 Å². The van der Waals surface area contributed by atoms with Gasteiger partial charge in [-0.25, -0.2) is 4.39 Å². The number of rotatable bonds is 10. The molecule has 228 valence electrons. The Labute approximate surface area is 240 Å². The van der Waals surface area contributed by atoms with Crippen LogP contribution in [0.1, 0.15) is 61.5 Å². The summed E-state index contributed by atoms with van der Waals surface area (Å²) in [6, 6.07) is 4.36. The fourth-order valence-corrected chi connectivity index (χ4v) is 6.28. The molecule has 2 aromatic rings. The number of carbonyl (C=O) groups excluding carboxylic acids is 3. The largest absolute Gasteiger partial charge is 0.405 e. The van der Waals surface area contributed by atoms with E-state index >= 15 is 4.39 Å². The van der Waals surface area contributed by atoms with Crippen LogP contribution in [0.3, 0.4) is 0 Å². The van der Waals surface area contributed by atoms with Crippen molar-refractivity contribution in [3.8, 4) is 0 Å². The van der Waals surface area contributed by atoms with Gasteiger partial charge in [-0.05, 0) is 60.3 Å². The first-order valence-electron chi connectivity index (χ1n) is 14.2. The molecule has 1 aromatic heterocycles. The number of alkyl halides is 3. The van der Waals surface area contributed by atoms with Crippen LogP contribution in [-0.2, 0) is 26.8 Å². The predicted molar refractivity (Wildman–Crippen MR) is 144 cm³/mol. The number of hydrogen-bond donors (Lipinski definition) is 3. The lowest BCUT2D eigenvalue weighted by atomic mass is 9.66. The minimum Gasteiger partial charge on any atom is -0.380 e. The minimum atomic E-state index is -4.60. The standard InChI is InChI=1S/C29H35F4N5O4/c1-27(9-10-27)22(17-4-3-5-17)23(37-24(39)21-8-12-35-38(21)2)25(40)36-20-7-6-18(14-19(20)30)28(11-13-42-16-28)26(41)34-15-29(31,32)33/h6-8,12,14,17,22-23H,3-5,9-11,13,15-16H2,1-2H3,(H,34,41)(H,36,40)(H,37,39)/t22?,23-,28?/m0/s1. The van der Waals surface area contributed by atoms with Gasteiger partial charge < -0.3 is 20.7 Å². The van der Waals surface area contributed by atoms with Gasteiger partial charge in [0, 0.05) is 19.9 Å². The fourth-order valence-electron chi connectivity index (χ4n) is 6.28. The molecule has 3 amide bonds. The molecule has 2 heterocycles. The van der Waals surface area contributed by atoms with Gasteiger partial charge in [0.15, 0.2) is 0 Å². The number of amides is 3. The van der Waals surface area contributed by atoms with Crippen molar-refractivity contribution in [2.75, 3.05) is 25.1 Å². The number of benzene rings is 1. The van der Waals surface area contributed by atoms with Crippen molar-refractivity contribution in [1.82, 2.24) is 20.4 Å². The Morgan fingerprint density at radius 1 is 1.17 bits per heavy atom. The van der Waals surface area contributed by atoms with Crippen molar-refractivity contribution in [1.29, 1.82) is 0 Å². The molecule has 2 unspecified atom stereocenters. The summed E-state index contributed by atoms with van der Waals surface area (Å²) < 4.78 is 60.5. The summed E-state index contributed by atoms with van der Waals surface area (Å²) in [7, 11) is 1.62. The zero-order valence-electron chi connectivity index (χ0n) is 23.5. The van der Waals surface area contributed by atoms with Crippen molar-refractivity contribution in [3.63, 3.8) is 0 Å². The molecule has 0 spiro atoms. The van der Waals surface area contributed by atoms with Crippen LogP contribution >= 0.6 is 0 Å². The number of nitrogens with one attached hydrogen (secondary N) is 3. The molecule has 1 aromatic carbocycles. The lowest BCUT2D eigenvalue weighted by molar-refractivity contribution is -0.142. The quantitative estimate of drug-likeness (QED) is 0.362. The van der Waals surface area contributed by atoms with E-state index in [4.69, 9.17) is 4.74 Å². The Morgan fingerprint density at radius 3 is 2.43 bits per heavy atom. The zero-order valence-corrected chi connectivity index (χ0v) is 23.5. The van der Waals surface area contributed by atoms with E-state index in [-0.39, 0.29) is 53.8 Å². The molecule has 3 fully saturated rings. The third kappa shape index (κ3) is 6.02. The van der Waals surface area contributed by atoms with Crippen LogP contribution in [0.15, 0.2) is 30.5 Å². The highest BCUT2D eigenvalue weighted by atomic mass is 19.4. The Kier molecular flexibility index (Phi) is 8.08. The van der Waals surface area contributed by atoms with Crippen LogP contribution < -0.4 is 16.0 Å². The van der Waals surface area contributed by atoms with Crippen LogP contribution in [0.2, 0.25) is 0 Å². The molecule has 0 radical (unpaired) electrons. The van der Waals surface area contributed by atoms with Crippen LogP contribution in [0.25, 0.3) is 0 Å². The van der Waals surface area contributed by atoms with Crippen molar-refractivity contribution in [3.05, 3.63) is 47.5 Å². The molecule has 3 N–H and O–H groups in total. The van der Waals surface area contributed by atoms with E-state index in [0.717, 1.165) is 38.2 Å². The van der Waals surface area contributed by atoms with Gasteiger partial charge in [0.05, 0.1) is 17.7 Å². The van der Waals surface area contributed by atoms with Crippen LogP contribution in [0.5, 0.6) is 0 Å². The number of hydrogen-bond acceptors (Lipinski definition) is 5. The van der Waals surface area contributed by atoms with Crippen molar-refractivity contribution in [2.24, 2.45) is 24.3 Å². The average Bonchev–Trinajstić information content (AvgIpc) is 3.26. The number of anilines is 1. The SMILES string of the molecule is Cn1nccc1C(=O)N[C@H](C(=O)Nc1ccc(C2(C(=O)NCC(F)(F)F)CCOC2)cc1F)C(C1CCC1)C1(C)CC1. The molecule has 3 aliphatic rings. The Bertz CT molecular complexity index is 1350. The monoisotopic (exact) mass is 593 g/mol. The molecular formula is C29H35F4N5O4. The normalized spacial score (nSPS) is 23.0. The topological polar surface area (TPSA) is 114 Å². The van der Waals surface area contributed by atoms with Gasteiger partial charge in [-0.2, -0.15) is 18.3 Å². The van der Waals surface area contributed by atoms with E-state index in [1.54, 1.807) is 13.1 Å². The third-order valence-corrected chi connectivity index (χ3v) is 9.17. The van der Waals surface area contributed by atoms with Crippen molar-refractivity contribution in [2.45, 2.75) is 63.1 Å². The summed E-state index contributed by atoms with van der Waals surface area (Å²) in [5.74, 6) is -2.71. The molecule has 13 heteroatoms. The van der Waals surface area contributed by atoms with E-state index in [9.17, 15) is 27.6 Å². The maximum Gasteiger partial charge on any atom is 0.405 e. The minimum absolute atomic E-state index is 0.0750. The van der Waals surface area contributed by atoms with E-state index < -0.39 is 47.7 Å². The second kappa shape index (κ2) is 11.3. The molecule has 0 bridgehead atoms. The molecule has 9 nitrogen and oxygen atoms in total. The molecule has 42 heavy (non-hydrogen) atoms. The summed E-state index contributed by atoms with van der Waals surface area (Å²) in [5, 5.41) is 11.5. The Morgan fingerprint density at radius 2 is 1.90 bits per heavy atom. The van der Waals surface area contributed by atoms with Crippen molar-refractivity contribution >= 4 is 23.4 Å². The number of aryl methyl sites for hydroxylation is 1. The van der Waals surface area contributed by atoms with Gasteiger partial charge in [-0.3, -0.25) is 19.1 Å². The summed E-state index contributed by atoms with van der Waals surface area (Å²) in [5.41, 5.74) is -1.36. The molecule has 1 saturated heterocycles. The zero-order chi connectivity index (χ0) is 30.3. The van der Waals surface area contributed by atoms with E-state index in [0.29, 0.717) is 0 Å². The van der Waals surface area contributed by atoms with E-state index in [1.807, 2.05) is 5.32 Å². The first-order chi connectivity index (χ1) is 19.8. The average molecular weight is 594 g/mol. The Balaban J connectivity index is 1.39. The Hall–Kier alpha value is -3.48. The van der Waals surface area contributed by atoms with E-state index in [2.05, 4.69) is 22.7 Å². The highest BCUT2D eigenvalue weighted by molar-refractivity contribution is 6.01. The maximum atomic E-state index is 15.5. The first kappa shape index (κ1) is 30.0. The molecule has 2 saturated carbocycles. The summed E-state index contributed by atoms with van der Waals surface area (Å²) in [6.45, 7) is 0.510. The van der Waals surface area contributed by atoms with E-state index in [1.165, 1.54) is 23.0 Å². The molecule has 5 rings (SSSR count).